The van der Waals surface area contributed by atoms with Crippen LogP contribution in [0.5, 0.6) is 0 Å². The lowest BCUT2D eigenvalue weighted by molar-refractivity contribution is 0.538. The van der Waals surface area contributed by atoms with Crippen molar-refractivity contribution in [1.82, 2.24) is 25.1 Å². The van der Waals surface area contributed by atoms with Gasteiger partial charge in [0.05, 0.1) is 5.69 Å². The lowest BCUT2D eigenvalue weighted by Gasteiger charge is -2.16. The Hall–Kier alpha value is -1.75. The van der Waals surface area contributed by atoms with Crippen LogP contribution >= 0.6 is 0 Å². The third-order valence-electron chi connectivity index (χ3n) is 3.03. The molecule has 1 atom stereocenters. The van der Waals surface area contributed by atoms with E-state index in [0.717, 1.165) is 24.2 Å². The van der Waals surface area contributed by atoms with E-state index in [4.69, 9.17) is 0 Å². The van der Waals surface area contributed by atoms with E-state index in [9.17, 15) is 0 Å². The summed E-state index contributed by atoms with van der Waals surface area (Å²) in [5.41, 5.74) is 3.39. The van der Waals surface area contributed by atoms with Gasteiger partial charge < -0.3 is 5.32 Å². The maximum Gasteiger partial charge on any atom is 0.115 e. The molecule has 0 amide bonds. The minimum atomic E-state index is 0.215. The zero-order valence-corrected chi connectivity index (χ0v) is 11.1. The van der Waals surface area contributed by atoms with E-state index >= 15 is 0 Å². The van der Waals surface area contributed by atoms with Gasteiger partial charge in [0.1, 0.15) is 6.33 Å². The molecule has 0 aliphatic carbocycles. The highest BCUT2D eigenvalue weighted by atomic mass is 15.3. The summed E-state index contributed by atoms with van der Waals surface area (Å²) in [7, 11) is 1.96. The number of likely N-dealkylation sites (N-methyl/N-ethyl adjacent to an activating group) is 1. The highest BCUT2D eigenvalue weighted by Gasteiger charge is 2.14. The van der Waals surface area contributed by atoms with Crippen LogP contribution in [0.1, 0.15) is 29.9 Å². The van der Waals surface area contributed by atoms with Crippen molar-refractivity contribution in [3.63, 3.8) is 0 Å². The van der Waals surface area contributed by atoms with Crippen LogP contribution in [-0.4, -0.2) is 26.8 Å². The molecule has 5 nitrogen and oxygen atoms in total. The number of rotatable bonds is 5. The van der Waals surface area contributed by atoms with E-state index in [1.54, 1.807) is 6.33 Å². The van der Waals surface area contributed by atoms with Gasteiger partial charge in [-0.3, -0.25) is 4.68 Å². The molecule has 2 aromatic heterocycles. The molecule has 0 saturated carbocycles. The van der Waals surface area contributed by atoms with Gasteiger partial charge in [0.25, 0.3) is 0 Å². The molecule has 0 spiro atoms. The second kappa shape index (κ2) is 5.73. The first-order valence-electron chi connectivity index (χ1n) is 6.20. The Morgan fingerprint density at radius 2 is 2.06 bits per heavy atom. The minimum absolute atomic E-state index is 0.215. The fourth-order valence-electron chi connectivity index (χ4n) is 2.12. The van der Waals surface area contributed by atoms with Crippen LogP contribution in [0.2, 0.25) is 0 Å². The van der Waals surface area contributed by atoms with Gasteiger partial charge in [0.15, 0.2) is 0 Å². The highest BCUT2D eigenvalue weighted by Crippen LogP contribution is 2.17. The smallest absolute Gasteiger partial charge is 0.115 e. The number of nitrogens with zero attached hydrogens (tertiary/aromatic N) is 4. The second-order valence-corrected chi connectivity index (χ2v) is 4.31. The Morgan fingerprint density at radius 1 is 1.33 bits per heavy atom. The van der Waals surface area contributed by atoms with Crippen LogP contribution in [-0.2, 0) is 13.0 Å². The molecular formula is C13H19N5. The van der Waals surface area contributed by atoms with E-state index < -0.39 is 0 Å². The van der Waals surface area contributed by atoms with E-state index in [1.807, 2.05) is 31.0 Å². The van der Waals surface area contributed by atoms with Crippen molar-refractivity contribution < 1.29 is 0 Å². The maximum absolute atomic E-state index is 4.47. The molecule has 96 valence electrons. The predicted molar refractivity (Wildman–Crippen MR) is 70.2 cm³/mol. The number of hydrogen-bond acceptors (Lipinski definition) is 4. The van der Waals surface area contributed by atoms with Crippen molar-refractivity contribution in [3.05, 3.63) is 41.7 Å². The van der Waals surface area contributed by atoms with Crippen molar-refractivity contribution in [1.29, 1.82) is 0 Å². The molecule has 0 aliphatic heterocycles. The standard InChI is InChI=1S/C13H19N5/c1-4-18-12(5-10(2)17-18)6-13(14-3)11-7-15-9-16-8-11/h5,7-9,13-14H,4,6H2,1-3H3. The predicted octanol–water partition coefficient (Wildman–Crippen LogP) is 1.50. The quantitative estimate of drug-likeness (QED) is 0.867. The van der Waals surface area contributed by atoms with E-state index in [2.05, 4.69) is 33.4 Å². The summed E-state index contributed by atoms with van der Waals surface area (Å²) in [6.45, 7) is 5.02. The summed E-state index contributed by atoms with van der Waals surface area (Å²) in [4.78, 5) is 8.14. The van der Waals surface area contributed by atoms with Gasteiger partial charge in [0.2, 0.25) is 0 Å². The van der Waals surface area contributed by atoms with Crippen LogP contribution in [0.15, 0.2) is 24.8 Å². The third-order valence-corrected chi connectivity index (χ3v) is 3.03. The van der Waals surface area contributed by atoms with Crippen molar-refractivity contribution in [2.75, 3.05) is 7.05 Å². The molecule has 2 rings (SSSR count). The Morgan fingerprint density at radius 3 is 2.67 bits per heavy atom. The summed E-state index contributed by atoms with van der Waals surface area (Å²) >= 11 is 0. The molecule has 0 aromatic carbocycles. The SMILES string of the molecule is CCn1nc(C)cc1CC(NC)c1cncnc1. The normalized spacial score (nSPS) is 12.6. The average Bonchev–Trinajstić information content (AvgIpc) is 2.77. The zero-order chi connectivity index (χ0) is 13.0. The summed E-state index contributed by atoms with van der Waals surface area (Å²) in [6.07, 6.45) is 6.15. The minimum Gasteiger partial charge on any atom is -0.313 e. The summed E-state index contributed by atoms with van der Waals surface area (Å²) in [5.74, 6) is 0. The molecule has 1 N–H and O–H groups in total. The van der Waals surface area contributed by atoms with Gasteiger partial charge in [0, 0.05) is 42.7 Å². The molecular weight excluding hydrogens is 226 g/mol. The maximum atomic E-state index is 4.47. The highest BCUT2D eigenvalue weighted by molar-refractivity contribution is 5.16. The van der Waals surface area contributed by atoms with Gasteiger partial charge in [-0.25, -0.2) is 9.97 Å². The molecule has 5 heteroatoms. The number of aromatic nitrogens is 4. The monoisotopic (exact) mass is 245 g/mol. The molecule has 0 radical (unpaired) electrons. The molecule has 1 unspecified atom stereocenters. The molecule has 2 aromatic rings. The Labute approximate surface area is 107 Å². The fourth-order valence-corrected chi connectivity index (χ4v) is 2.12. The average molecular weight is 245 g/mol. The van der Waals surface area contributed by atoms with Gasteiger partial charge in [-0.1, -0.05) is 0 Å². The van der Waals surface area contributed by atoms with Crippen LogP contribution in [0.3, 0.4) is 0 Å². The summed E-state index contributed by atoms with van der Waals surface area (Å²) < 4.78 is 2.05. The van der Waals surface area contributed by atoms with Gasteiger partial charge >= 0.3 is 0 Å². The zero-order valence-electron chi connectivity index (χ0n) is 11.1. The largest absolute Gasteiger partial charge is 0.313 e. The number of hydrogen-bond donors (Lipinski definition) is 1. The first-order chi connectivity index (χ1) is 8.74. The lowest BCUT2D eigenvalue weighted by atomic mass is 10.1. The van der Waals surface area contributed by atoms with Crippen molar-refractivity contribution >= 4 is 0 Å². The first kappa shape index (κ1) is 12.7. The second-order valence-electron chi connectivity index (χ2n) is 4.31. The number of aryl methyl sites for hydroxylation is 2. The molecule has 0 saturated heterocycles. The van der Waals surface area contributed by atoms with Crippen LogP contribution < -0.4 is 5.32 Å². The molecule has 0 aliphatic rings. The van der Waals surface area contributed by atoms with Crippen LogP contribution in [0.25, 0.3) is 0 Å². The Kier molecular flexibility index (Phi) is 4.04. The van der Waals surface area contributed by atoms with E-state index in [1.165, 1.54) is 5.69 Å². The van der Waals surface area contributed by atoms with Gasteiger partial charge in [-0.2, -0.15) is 5.10 Å². The first-order valence-corrected chi connectivity index (χ1v) is 6.20. The van der Waals surface area contributed by atoms with E-state index in [-0.39, 0.29) is 6.04 Å². The topological polar surface area (TPSA) is 55.6 Å². The molecule has 2 heterocycles. The van der Waals surface area contributed by atoms with Crippen molar-refractivity contribution in [2.45, 2.75) is 32.9 Å². The lowest BCUT2D eigenvalue weighted by Crippen LogP contribution is -2.20. The van der Waals surface area contributed by atoms with Gasteiger partial charge in [-0.05, 0) is 27.0 Å². The van der Waals surface area contributed by atoms with Crippen molar-refractivity contribution in [3.8, 4) is 0 Å². The van der Waals surface area contributed by atoms with Crippen LogP contribution in [0, 0.1) is 6.92 Å². The number of nitrogens with one attached hydrogen (secondary N) is 1. The van der Waals surface area contributed by atoms with E-state index in [0.29, 0.717) is 0 Å². The Bertz CT molecular complexity index is 491. The van der Waals surface area contributed by atoms with Gasteiger partial charge in [-0.15, -0.1) is 0 Å². The van der Waals surface area contributed by atoms with Crippen LogP contribution in [0.4, 0.5) is 0 Å². The van der Waals surface area contributed by atoms with Crippen molar-refractivity contribution in [2.24, 2.45) is 0 Å². The Balaban J connectivity index is 2.20. The summed E-state index contributed by atoms with van der Waals surface area (Å²) in [5, 5.41) is 7.77. The molecule has 0 bridgehead atoms. The fraction of sp³-hybridized carbons (Fsp3) is 0.462. The molecule has 18 heavy (non-hydrogen) atoms. The molecule has 0 fully saturated rings. The third kappa shape index (κ3) is 2.73. The summed E-state index contributed by atoms with van der Waals surface area (Å²) in [6, 6.07) is 2.35.